The number of rotatable bonds is 3. The third kappa shape index (κ3) is 3.13. The average Bonchev–Trinajstić information content (AvgIpc) is 3.05. The van der Waals surface area contributed by atoms with Gasteiger partial charge in [0.15, 0.2) is 11.5 Å². The molecule has 2 amide bonds. The molecule has 2 fully saturated rings. The minimum atomic E-state index is -0.591. The third-order valence-corrected chi connectivity index (χ3v) is 5.91. The van der Waals surface area contributed by atoms with Gasteiger partial charge in [-0.1, -0.05) is 25.3 Å². The lowest BCUT2D eigenvalue weighted by Crippen LogP contribution is -2.53. The van der Waals surface area contributed by atoms with Crippen molar-refractivity contribution in [3.8, 4) is 11.5 Å². The van der Waals surface area contributed by atoms with Crippen molar-refractivity contribution in [3.05, 3.63) is 23.8 Å². The van der Waals surface area contributed by atoms with Gasteiger partial charge in [0.05, 0.1) is 5.41 Å². The van der Waals surface area contributed by atoms with E-state index < -0.39 is 11.5 Å². The Balaban J connectivity index is 1.61. The van der Waals surface area contributed by atoms with E-state index >= 15 is 0 Å². The summed E-state index contributed by atoms with van der Waals surface area (Å²) in [5.41, 5.74) is 0.374. The fraction of sp³-hybridized carbons (Fsp3) is 0.600. The second-order valence-corrected chi connectivity index (χ2v) is 7.52. The maximum absolute atomic E-state index is 13.4. The highest BCUT2D eigenvalue weighted by molar-refractivity contribution is 5.93. The lowest BCUT2D eigenvalue weighted by Gasteiger charge is -2.37. The van der Waals surface area contributed by atoms with Crippen molar-refractivity contribution in [2.45, 2.75) is 62.8 Å². The number of carbonyl (C=O) groups excluding carboxylic acids is 2. The first-order valence-corrected chi connectivity index (χ1v) is 9.68. The SMILES string of the molecule is O=C1NCCCC[C@H]1NC(=O)C1(c2ccc3c(c2)OCO3)CCCCC1. The second kappa shape index (κ2) is 7.17. The van der Waals surface area contributed by atoms with Crippen molar-refractivity contribution < 1.29 is 19.1 Å². The minimum Gasteiger partial charge on any atom is -0.454 e. The Hall–Kier alpha value is -2.24. The van der Waals surface area contributed by atoms with Gasteiger partial charge in [0, 0.05) is 6.54 Å². The Morgan fingerprint density at radius 1 is 1.08 bits per heavy atom. The predicted molar refractivity (Wildman–Crippen MR) is 96.1 cm³/mol. The number of ether oxygens (including phenoxy) is 2. The molecule has 1 saturated carbocycles. The molecule has 2 aliphatic heterocycles. The molecule has 0 aromatic heterocycles. The van der Waals surface area contributed by atoms with Gasteiger partial charge in [0.2, 0.25) is 18.6 Å². The molecule has 0 unspecified atom stereocenters. The van der Waals surface area contributed by atoms with Gasteiger partial charge in [-0.2, -0.15) is 0 Å². The smallest absolute Gasteiger partial charge is 0.242 e. The van der Waals surface area contributed by atoms with E-state index in [1.807, 2.05) is 18.2 Å². The maximum atomic E-state index is 13.4. The predicted octanol–water partition coefficient (Wildman–Crippen LogP) is 2.40. The van der Waals surface area contributed by atoms with Crippen LogP contribution in [0.15, 0.2) is 18.2 Å². The molecular formula is C20H26N2O4. The van der Waals surface area contributed by atoms with Crippen LogP contribution in [0.5, 0.6) is 11.5 Å². The summed E-state index contributed by atoms with van der Waals surface area (Å²) in [7, 11) is 0. The molecule has 4 rings (SSSR count). The topological polar surface area (TPSA) is 76.7 Å². The Morgan fingerprint density at radius 2 is 1.88 bits per heavy atom. The molecule has 140 valence electrons. The monoisotopic (exact) mass is 358 g/mol. The first kappa shape index (κ1) is 17.2. The molecule has 6 nitrogen and oxygen atoms in total. The number of hydrogen-bond acceptors (Lipinski definition) is 4. The van der Waals surface area contributed by atoms with Gasteiger partial charge in [-0.15, -0.1) is 0 Å². The van der Waals surface area contributed by atoms with E-state index in [9.17, 15) is 9.59 Å². The van der Waals surface area contributed by atoms with Crippen LogP contribution in [-0.4, -0.2) is 31.2 Å². The molecule has 1 atom stereocenters. The zero-order valence-corrected chi connectivity index (χ0v) is 15.0. The molecule has 1 saturated heterocycles. The number of carbonyl (C=O) groups is 2. The zero-order chi connectivity index (χ0) is 18.0. The van der Waals surface area contributed by atoms with E-state index in [1.54, 1.807) is 0 Å². The summed E-state index contributed by atoms with van der Waals surface area (Å²) in [5.74, 6) is 1.33. The van der Waals surface area contributed by atoms with Crippen molar-refractivity contribution in [1.82, 2.24) is 10.6 Å². The zero-order valence-electron chi connectivity index (χ0n) is 15.0. The number of amides is 2. The van der Waals surface area contributed by atoms with E-state index in [0.717, 1.165) is 56.3 Å². The molecule has 0 radical (unpaired) electrons. The number of fused-ring (bicyclic) bond motifs is 1. The Kier molecular flexibility index (Phi) is 4.74. The molecule has 2 heterocycles. The van der Waals surface area contributed by atoms with Crippen LogP contribution < -0.4 is 20.1 Å². The molecule has 3 aliphatic rings. The van der Waals surface area contributed by atoms with Gasteiger partial charge in [-0.05, 0) is 49.8 Å². The highest BCUT2D eigenvalue weighted by Gasteiger charge is 2.43. The van der Waals surface area contributed by atoms with Crippen molar-refractivity contribution >= 4 is 11.8 Å². The van der Waals surface area contributed by atoms with Crippen molar-refractivity contribution in [1.29, 1.82) is 0 Å². The summed E-state index contributed by atoms with van der Waals surface area (Å²) in [5, 5.41) is 5.96. The second-order valence-electron chi connectivity index (χ2n) is 7.52. The fourth-order valence-electron chi connectivity index (χ4n) is 4.37. The summed E-state index contributed by atoms with van der Waals surface area (Å²) in [6, 6.07) is 5.38. The van der Waals surface area contributed by atoms with Crippen LogP contribution in [0, 0.1) is 0 Å². The maximum Gasteiger partial charge on any atom is 0.242 e. The molecule has 1 aromatic carbocycles. The van der Waals surface area contributed by atoms with Crippen LogP contribution in [0.2, 0.25) is 0 Å². The minimum absolute atomic E-state index is 0.0295. The summed E-state index contributed by atoms with van der Waals surface area (Å²) >= 11 is 0. The summed E-state index contributed by atoms with van der Waals surface area (Å²) < 4.78 is 10.9. The van der Waals surface area contributed by atoms with Gasteiger partial charge >= 0.3 is 0 Å². The number of hydrogen-bond donors (Lipinski definition) is 2. The number of benzene rings is 1. The van der Waals surface area contributed by atoms with Crippen molar-refractivity contribution in [2.24, 2.45) is 0 Å². The van der Waals surface area contributed by atoms with Crippen LogP contribution >= 0.6 is 0 Å². The van der Waals surface area contributed by atoms with Crippen LogP contribution in [0.1, 0.15) is 56.9 Å². The lowest BCUT2D eigenvalue weighted by molar-refractivity contribution is -0.133. The first-order valence-electron chi connectivity index (χ1n) is 9.68. The highest BCUT2D eigenvalue weighted by Crippen LogP contribution is 2.43. The molecule has 0 spiro atoms. The summed E-state index contributed by atoms with van der Waals surface area (Å²) in [6.45, 7) is 0.915. The van der Waals surface area contributed by atoms with E-state index in [2.05, 4.69) is 10.6 Å². The molecule has 1 aromatic rings. The highest BCUT2D eigenvalue weighted by atomic mass is 16.7. The fourth-order valence-corrected chi connectivity index (χ4v) is 4.37. The van der Waals surface area contributed by atoms with Crippen LogP contribution in [-0.2, 0) is 15.0 Å². The van der Waals surface area contributed by atoms with E-state index in [-0.39, 0.29) is 18.6 Å². The van der Waals surface area contributed by atoms with Crippen LogP contribution in [0.3, 0.4) is 0 Å². The molecule has 26 heavy (non-hydrogen) atoms. The largest absolute Gasteiger partial charge is 0.454 e. The van der Waals surface area contributed by atoms with Crippen LogP contribution in [0.4, 0.5) is 0 Å². The molecule has 6 heteroatoms. The van der Waals surface area contributed by atoms with Gasteiger partial charge in [-0.25, -0.2) is 0 Å². The Bertz CT molecular complexity index is 697. The van der Waals surface area contributed by atoms with Crippen LogP contribution in [0.25, 0.3) is 0 Å². The van der Waals surface area contributed by atoms with E-state index in [0.29, 0.717) is 18.7 Å². The average molecular weight is 358 g/mol. The first-order chi connectivity index (χ1) is 12.7. The van der Waals surface area contributed by atoms with Gasteiger partial charge in [0.1, 0.15) is 6.04 Å². The normalized spacial score (nSPS) is 24.5. The van der Waals surface area contributed by atoms with Gasteiger partial charge in [0.25, 0.3) is 0 Å². The van der Waals surface area contributed by atoms with Gasteiger partial charge < -0.3 is 20.1 Å². The van der Waals surface area contributed by atoms with E-state index in [4.69, 9.17) is 9.47 Å². The van der Waals surface area contributed by atoms with E-state index in [1.165, 1.54) is 0 Å². The summed E-state index contributed by atoms with van der Waals surface area (Å²) in [4.78, 5) is 25.6. The van der Waals surface area contributed by atoms with Gasteiger partial charge in [-0.3, -0.25) is 9.59 Å². The Morgan fingerprint density at radius 3 is 2.73 bits per heavy atom. The van der Waals surface area contributed by atoms with Crippen molar-refractivity contribution in [2.75, 3.05) is 13.3 Å². The Labute approximate surface area is 153 Å². The summed E-state index contributed by atoms with van der Waals surface area (Å²) in [6.07, 6.45) is 7.38. The number of nitrogens with one attached hydrogen (secondary N) is 2. The molecule has 2 N–H and O–H groups in total. The lowest BCUT2D eigenvalue weighted by atomic mass is 9.68. The standard InChI is InChI=1S/C20H26N2O4/c23-18-15(6-2-5-11-21-18)22-19(24)20(9-3-1-4-10-20)14-7-8-16-17(12-14)26-13-25-16/h7-8,12,15H,1-6,9-11,13H2,(H,21,23)(H,22,24)/t15-/m1/s1. The molecular weight excluding hydrogens is 332 g/mol. The quantitative estimate of drug-likeness (QED) is 0.870. The van der Waals surface area contributed by atoms with Crippen molar-refractivity contribution in [3.63, 3.8) is 0 Å². The molecule has 0 bridgehead atoms. The third-order valence-electron chi connectivity index (χ3n) is 5.91. The molecule has 1 aliphatic carbocycles.